The molecule has 1 aromatic carbocycles. The van der Waals surface area contributed by atoms with Crippen molar-refractivity contribution in [3.05, 3.63) is 53.7 Å². The second kappa shape index (κ2) is 9.58. The lowest BCUT2D eigenvalue weighted by atomic mass is 10.2. The van der Waals surface area contributed by atoms with Gasteiger partial charge < -0.3 is 18.9 Å². The first-order chi connectivity index (χ1) is 13.7. The molecule has 0 spiro atoms. The number of pyridine rings is 1. The summed E-state index contributed by atoms with van der Waals surface area (Å²) in [4.78, 5) is 27.0. The van der Waals surface area contributed by atoms with Crippen LogP contribution in [0.1, 0.15) is 15.9 Å². The maximum Gasteiger partial charge on any atom is 0.422 e. The first-order valence-electron chi connectivity index (χ1n) is 8.03. The van der Waals surface area contributed by atoms with E-state index in [0.29, 0.717) is 5.56 Å². The maximum absolute atomic E-state index is 12.2. The van der Waals surface area contributed by atoms with Crippen molar-refractivity contribution >= 4 is 18.0 Å². The Morgan fingerprint density at radius 1 is 1.10 bits per heavy atom. The molecule has 0 amide bonds. The molecule has 0 unspecified atom stereocenters. The van der Waals surface area contributed by atoms with Gasteiger partial charge in [-0.25, -0.2) is 14.6 Å². The zero-order valence-electron chi connectivity index (χ0n) is 15.4. The van der Waals surface area contributed by atoms with Crippen LogP contribution in [0.25, 0.3) is 6.08 Å². The predicted octanol–water partition coefficient (Wildman–Crippen LogP) is 3.44. The van der Waals surface area contributed by atoms with E-state index in [2.05, 4.69) is 14.5 Å². The average Bonchev–Trinajstić information content (AvgIpc) is 2.70. The van der Waals surface area contributed by atoms with Gasteiger partial charge in [-0.2, -0.15) is 13.2 Å². The molecule has 0 saturated heterocycles. The molecule has 1 aromatic heterocycles. The van der Waals surface area contributed by atoms with Crippen LogP contribution in [0.4, 0.5) is 13.2 Å². The Kier molecular flexibility index (Phi) is 7.18. The van der Waals surface area contributed by atoms with Crippen molar-refractivity contribution in [2.24, 2.45) is 0 Å². The molecular weight excluding hydrogens is 395 g/mol. The van der Waals surface area contributed by atoms with Crippen molar-refractivity contribution in [2.45, 2.75) is 6.18 Å². The normalized spacial score (nSPS) is 11.2. The molecule has 1 heterocycles. The molecule has 0 saturated carbocycles. The van der Waals surface area contributed by atoms with Crippen molar-refractivity contribution in [3.8, 4) is 17.4 Å². The van der Waals surface area contributed by atoms with E-state index in [4.69, 9.17) is 9.47 Å². The van der Waals surface area contributed by atoms with Crippen molar-refractivity contribution in [1.29, 1.82) is 0 Å². The number of methoxy groups -OCH3 is 2. The first kappa shape index (κ1) is 21.7. The van der Waals surface area contributed by atoms with Crippen molar-refractivity contribution in [1.82, 2.24) is 4.98 Å². The zero-order chi connectivity index (χ0) is 21.4. The number of carbonyl (C=O) groups is 2. The average molecular weight is 411 g/mol. The van der Waals surface area contributed by atoms with Crippen molar-refractivity contribution < 1.29 is 41.7 Å². The Morgan fingerprint density at radius 3 is 2.45 bits per heavy atom. The molecule has 0 N–H and O–H groups in total. The SMILES string of the molecule is COC(=O)/C=C/c1ccc(OC(=O)c2ccc(OCC(F)(F)F)nc2)c(OC)c1. The Morgan fingerprint density at radius 2 is 1.86 bits per heavy atom. The molecule has 0 radical (unpaired) electrons. The summed E-state index contributed by atoms with van der Waals surface area (Å²) >= 11 is 0. The fourth-order valence-electron chi connectivity index (χ4n) is 2.01. The largest absolute Gasteiger partial charge is 0.493 e. The number of alkyl halides is 3. The molecule has 0 atom stereocenters. The van der Waals surface area contributed by atoms with E-state index >= 15 is 0 Å². The molecule has 0 aliphatic rings. The topological polar surface area (TPSA) is 84.0 Å². The molecule has 0 bridgehead atoms. The van der Waals surface area contributed by atoms with Crippen molar-refractivity contribution in [3.63, 3.8) is 0 Å². The predicted molar refractivity (Wildman–Crippen MR) is 94.8 cm³/mol. The number of esters is 2. The smallest absolute Gasteiger partial charge is 0.422 e. The highest BCUT2D eigenvalue weighted by molar-refractivity contribution is 5.91. The molecular formula is C19H16F3NO6. The van der Waals surface area contributed by atoms with Crippen LogP contribution >= 0.6 is 0 Å². The number of aromatic nitrogens is 1. The highest BCUT2D eigenvalue weighted by Crippen LogP contribution is 2.29. The lowest BCUT2D eigenvalue weighted by Gasteiger charge is -2.11. The molecule has 0 aliphatic heterocycles. The highest BCUT2D eigenvalue weighted by Gasteiger charge is 2.28. The summed E-state index contributed by atoms with van der Waals surface area (Å²) in [6.07, 6.45) is -0.750. The van der Waals surface area contributed by atoms with Crippen molar-refractivity contribution in [2.75, 3.05) is 20.8 Å². The fraction of sp³-hybridized carbons (Fsp3) is 0.211. The third-order valence-electron chi connectivity index (χ3n) is 3.36. The van der Waals surface area contributed by atoms with Gasteiger partial charge in [0, 0.05) is 18.3 Å². The summed E-state index contributed by atoms with van der Waals surface area (Å²) in [6, 6.07) is 6.93. The Balaban J connectivity index is 2.07. The van der Waals surface area contributed by atoms with Crippen LogP contribution in [-0.4, -0.2) is 43.9 Å². The maximum atomic E-state index is 12.2. The van der Waals surface area contributed by atoms with Gasteiger partial charge in [-0.3, -0.25) is 0 Å². The minimum atomic E-state index is -4.49. The molecule has 0 aliphatic carbocycles. The summed E-state index contributed by atoms with van der Waals surface area (Å²) in [5.74, 6) is -1.28. The lowest BCUT2D eigenvalue weighted by Crippen LogP contribution is -2.19. The molecule has 7 nitrogen and oxygen atoms in total. The van der Waals surface area contributed by atoms with Crippen LogP contribution < -0.4 is 14.2 Å². The lowest BCUT2D eigenvalue weighted by molar-refractivity contribution is -0.154. The van der Waals surface area contributed by atoms with Gasteiger partial charge in [-0.05, 0) is 29.8 Å². The summed E-state index contributed by atoms with van der Waals surface area (Å²) < 4.78 is 55.8. The molecule has 2 rings (SSSR count). The number of hydrogen-bond acceptors (Lipinski definition) is 7. The third kappa shape index (κ3) is 6.83. The van der Waals surface area contributed by atoms with E-state index in [1.807, 2.05) is 0 Å². The quantitative estimate of drug-likeness (QED) is 0.392. The summed E-state index contributed by atoms with van der Waals surface area (Å²) in [6.45, 7) is -1.49. The molecule has 29 heavy (non-hydrogen) atoms. The molecule has 154 valence electrons. The Bertz CT molecular complexity index is 894. The second-order valence-corrected chi connectivity index (χ2v) is 5.45. The molecule has 10 heteroatoms. The molecule has 2 aromatic rings. The van der Waals surface area contributed by atoms with Gasteiger partial charge in [0.05, 0.1) is 19.8 Å². The van der Waals surface area contributed by atoms with Gasteiger partial charge in [-0.15, -0.1) is 0 Å². The second-order valence-electron chi connectivity index (χ2n) is 5.45. The minimum absolute atomic E-state index is 0.000996. The van der Waals surface area contributed by atoms with Gasteiger partial charge in [0.25, 0.3) is 0 Å². The first-order valence-corrected chi connectivity index (χ1v) is 8.03. The van der Waals surface area contributed by atoms with Gasteiger partial charge >= 0.3 is 18.1 Å². The number of benzene rings is 1. The molecule has 0 fully saturated rings. The zero-order valence-corrected chi connectivity index (χ0v) is 15.4. The van der Waals surface area contributed by atoms with Crippen LogP contribution in [0.3, 0.4) is 0 Å². The van der Waals surface area contributed by atoms with Crippen LogP contribution in [0.5, 0.6) is 17.4 Å². The van der Waals surface area contributed by atoms with Crippen LogP contribution in [0.2, 0.25) is 0 Å². The van der Waals surface area contributed by atoms with E-state index in [1.165, 1.54) is 44.6 Å². The number of hydrogen-bond donors (Lipinski definition) is 0. The third-order valence-corrected chi connectivity index (χ3v) is 3.36. The number of rotatable bonds is 7. The van der Waals surface area contributed by atoms with E-state index < -0.39 is 24.7 Å². The van der Waals surface area contributed by atoms with Gasteiger partial charge in [0.2, 0.25) is 5.88 Å². The van der Waals surface area contributed by atoms with Gasteiger partial charge in [-0.1, -0.05) is 6.07 Å². The summed E-state index contributed by atoms with van der Waals surface area (Å²) in [5.41, 5.74) is 0.598. The van der Waals surface area contributed by atoms with E-state index in [1.54, 1.807) is 6.07 Å². The van der Waals surface area contributed by atoms with Crippen LogP contribution in [0.15, 0.2) is 42.6 Å². The van der Waals surface area contributed by atoms with Crippen LogP contribution in [0, 0.1) is 0 Å². The Labute approximate surface area is 163 Å². The standard InChI is InChI=1S/C19H16F3NO6/c1-26-15-9-12(4-8-17(24)27-2)3-6-14(15)29-18(25)13-5-7-16(23-10-13)28-11-19(20,21)22/h3-10H,11H2,1-2H3/b8-4+. The van der Waals surface area contributed by atoms with E-state index in [9.17, 15) is 22.8 Å². The van der Waals surface area contributed by atoms with Crippen LogP contribution in [-0.2, 0) is 9.53 Å². The number of carbonyl (C=O) groups excluding carboxylic acids is 2. The minimum Gasteiger partial charge on any atom is -0.493 e. The van der Waals surface area contributed by atoms with E-state index in [-0.39, 0.29) is 22.9 Å². The summed E-state index contributed by atoms with van der Waals surface area (Å²) in [5, 5.41) is 0. The van der Waals surface area contributed by atoms with Gasteiger partial charge in [0.1, 0.15) is 0 Å². The highest BCUT2D eigenvalue weighted by atomic mass is 19.4. The number of ether oxygens (including phenoxy) is 4. The number of halogens is 3. The monoisotopic (exact) mass is 411 g/mol. The summed E-state index contributed by atoms with van der Waals surface area (Å²) in [7, 11) is 2.62. The number of nitrogens with zero attached hydrogens (tertiary/aromatic N) is 1. The fourth-order valence-corrected chi connectivity index (χ4v) is 2.01. The van der Waals surface area contributed by atoms with E-state index in [0.717, 1.165) is 12.3 Å². The Hall–Kier alpha value is -3.56. The van der Waals surface area contributed by atoms with Gasteiger partial charge in [0.15, 0.2) is 18.1 Å².